The van der Waals surface area contributed by atoms with Crippen molar-refractivity contribution in [3.63, 3.8) is 0 Å². The van der Waals surface area contributed by atoms with Gasteiger partial charge in [0.15, 0.2) is 11.0 Å². The van der Waals surface area contributed by atoms with E-state index in [-0.39, 0.29) is 5.15 Å². The summed E-state index contributed by atoms with van der Waals surface area (Å²) in [5.41, 5.74) is 1.13. The van der Waals surface area contributed by atoms with Crippen LogP contribution in [-0.4, -0.2) is 13.7 Å². The minimum Gasteiger partial charge on any atom is -0.231 e. The molecule has 0 saturated heterocycles. The summed E-state index contributed by atoms with van der Waals surface area (Å²) in [7, 11) is 0. The Balaban J connectivity index is 2.49. The van der Waals surface area contributed by atoms with Crippen molar-refractivity contribution in [3.8, 4) is 11.4 Å². The van der Waals surface area contributed by atoms with Gasteiger partial charge in [-0.1, -0.05) is 11.6 Å². The fraction of sp³-hybridized carbons (Fsp3) is 0. The molecule has 0 N–H and O–H groups in total. The van der Waals surface area contributed by atoms with Crippen molar-refractivity contribution in [2.75, 3.05) is 0 Å². The maximum absolute atomic E-state index is 12.7. The van der Waals surface area contributed by atoms with Crippen molar-refractivity contribution in [2.24, 2.45) is 0 Å². The third-order valence-corrected chi connectivity index (χ3v) is 2.17. The quantitative estimate of drug-likeness (QED) is 0.686. The lowest BCUT2D eigenvalue weighted by Crippen LogP contribution is -1.86. The van der Waals surface area contributed by atoms with Crippen molar-refractivity contribution in [1.29, 1.82) is 0 Å². The lowest BCUT2D eigenvalue weighted by Gasteiger charge is -1.96. The van der Waals surface area contributed by atoms with E-state index < -0.39 is 5.82 Å². The summed E-state index contributed by atoms with van der Waals surface area (Å²) in [6, 6.07) is 2.77. The zero-order valence-corrected chi connectivity index (χ0v) is 7.81. The molecular weight excluding hydrogens is 213 g/mol. The van der Waals surface area contributed by atoms with Crippen molar-refractivity contribution >= 4 is 23.3 Å². The molecule has 0 spiro atoms. The molecule has 0 atom stereocenters. The molecule has 66 valence electrons. The van der Waals surface area contributed by atoms with Crippen LogP contribution in [0.5, 0.6) is 0 Å². The van der Waals surface area contributed by atoms with Crippen LogP contribution in [0.3, 0.4) is 0 Å². The van der Waals surface area contributed by atoms with Gasteiger partial charge in [-0.15, -0.1) is 0 Å². The second-order valence-electron chi connectivity index (χ2n) is 2.26. The average Bonchev–Trinajstić information content (AvgIpc) is 2.62. The van der Waals surface area contributed by atoms with Gasteiger partial charge in [0.25, 0.3) is 0 Å². The Morgan fingerprint density at radius 1 is 1.31 bits per heavy atom. The standard InChI is InChI=1S/C7H3ClFN3S/c8-7-4(9)1-2-5(11-7)6-3-10-13-12-6/h1-3H. The number of aromatic nitrogens is 3. The summed E-state index contributed by atoms with van der Waals surface area (Å²) < 4.78 is 20.5. The number of nitrogens with zero attached hydrogens (tertiary/aromatic N) is 3. The number of hydrogen-bond donors (Lipinski definition) is 0. The van der Waals surface area contributed by atoms with Crippen LogP contribution in [0.1, 0.15) is 0 Å². The highest BCUT2D eigenvalue weighted by Crippen LogP contribution is 2.19. The minimum atomic E-state index is -0.534. The van der Waals surface area contributed by atoms with E-state index >= 15 is 0 Å². The van der Waals surface area contributed by atoms with E-state index in [2.05, 4.69) is 13.7 Å². The first-order valence-corrected chi connectivity index (χ1v) is 4.48. The molecule has 3 nitrogen and oxygen atoms in total. The van der Waals surface area contributed by atoms with E-state index in [0.29, 0.717) is 11.4 Å². The summed E-state index contributed by atoms with van der Waals surface area (Å²) in [5, 5.41) is -0.148. The van der Waals surface area contributed by atoms with Crippen LogP contribution in [0, 0.1) is 5.82 Å². The molecule has 0 bridgehead atoms. The Labute approximate surface area is 82.5 Å². The molecular formula is C7H3ClFN3S. The highest BCUT2D eigenvalue weighted by atomic mass is 35.5. The first-order valence-electron chi connectivity index (χ1n) is 3.37. The summed E-state index contributed by atoms with van der Waals surface area (Å²) >= 11 is 6.57. The fourth-order valence-electron chi connectivity index (χ4n) is 0.837. The molecule has 0 amide bonds. The van der Waals surface area contributed by atoms with Crippen molar-refractivity contribution < 1.29 is 4.39 Å². The van der Waals surface area contributed by atoms with E-state index in [1.807, 2.05) is 0 Å². The van der Waals surface area contributed by atoms with E-state index in [4.69, 9.17) is 11.6 Å². The van der Waals surface area contributed by atoms with Crippen LogP contribution >= 0.6 is 23.3 Å². The van der Waals surface area contributed by atoms with Gasteiger partial charge in [-0.2, -0.15) is 8.75 Å². The van der Waals surface area contributed by atoms with Gasteiger partial charge < -0.3 is 0 Å². The Morgan fingerprint density at radius 3 is 2.77 bits per heavy atom. The number of rotatable bonds is 1. The summed E-state index contributed by atoms with van der Waals surface area (Å²) in [6.45, 7) is 0. The molecule has 0 saturated carbocycles. The van der Waals surface area contributed by atoms with Gasteiger partial charge in [-0.05, 0) is 12.1 Å². The van der Waals surface area contributed by atoms with Gasteiger partial charge in [0, 0.05) is 0 Å². The number of pyridine rings is 1. The van der Waals surface area contributed by atoms with Crippen LogP contribution in [0.2, 0.25) is 5.15 Å². The molecule has 6 heteroatoms. The van der Waals surface area contributed by atoms with Crippen molar-refractivity contribution in [3.05, 3.63) is 29.3 Å². The molecule has 2 rings (SSSR count). The van der Waals surface area contributed by atoms with E-state index in [1.165, 1.54) is 12.1 Å². The minimum absolute atomic E-state index is 0.148. The molecule has 13 heavy (non-hydrogen) atoms. The van der Waals surface area contributed by atoms with Gasteiger partial charge in [-0.3, -0.25) is 0 Å². The van der Waals surface area contributed by atoms with Gasteiger partial charge >= 0.3 is 0 Å². The van der Waals surface area contributed by atoms with E-state index in [1.54, 1.807) is 6.20 Å². The molecule has 0 aliphatic carbocycles. The first-order chi connectivity index (χ1) is 6.27. The van der Waals surface area contributed by atoms with Gasteiger partial charge in [0.05, 0.1) is 23.6 Å². The average molecular weight is 216 g/mol. The topological polar surface area (TPSA) is 38.7 Å². The Bertz CT molecular complexity index is 418. The first kappa shape index (κ1) is 8.52. The molecule has 2 heterocycles. The normalized spacial score (nSPS) is 10.3. The summed E-state index contributed by atoms with van der Waals surface area (Å²) in [4.78, 5) is 3.81. The Morgan fingerprint density at radius 2 is 2.15 bits per heavy atom. The maximum atomic E-state index is 12.7. The van der Waals surface area contributed by atoms with E-state index in [9.17, 15) is 4.39 Å². The molecule has 0 aromatic carbocycles. The van der Waals surface area contributed by atoms with Crippen LogP contribution < -0.4 is 0 Å². The van der Waals surface area contributed by atoms with E-state index in [0.717, 1.165) is 11.7 Å². The number of halogens is 2. The monoisotopic (exact) mass is 215 g/mol. The van der Waals surface area contributed by atoms with Gasteiger partial charge in [0.1, 0.15) is 5.69 Å². The van der Waals surface area contributed by atoms with Crippen LogP contribution in [0.25, 0.3) is 11.4 Å². The van der Waals surface area contributed by atoms with Crippen LogP contribution in [0.15, 0.2) is 18.3 Å². The molecule has 2 aromatic rings. The lowest BCUT2D eigenvalue weighted by molar-refractivity contribution is 0.622. The Hall–Kier alpha value is -1.07. The smallest absolute Gasteiger partial charge is 0.165 e. The third kappa shape index (κ3) is 1.66. The molecule has 0 unspecified atom stereocenters. The Kier molecular flexibility index (Phi) is 2.20. The zero-order chi connectivity index (χ0) is 9.26. The second kappa shape index (κ2) is 3.35. The van der Waals surface area contributed by atoms with Crippen LogP contribution in [0.4, 0.5) is 4.39 Å². The summed E-state index contributed by atoms with van der Waals surface area (Å²) in [5.74, 6) is -0.534. The van der Waals surface area contributed by atoms with Crippen molar-refractivity contribution in [2.45, 2.75) is 0 Å². The molecule has 0 aliphatic rings. The lowest BCUT2D eigenvalue weighted by atomic mass is 10.3. The SMILES string of the molecule is Fc1ccc(-c2cnsn2)nc1Cl. The van der Waals surface area contributed by atoms with Crippen LogP contribution in [-0.2, 0) is 0 Å². The molecule has 2 aromatic heterocycles. The number of hydrogen-bond acceptors (Lipinski definition) is 4. The highest BCUT2D eigenvalue weighted by molar-refractivity contribution is 6.99. The maximum Gasteiger partial charge on any atom is 0.165 e. The highest BCUT2D eigenvalue weighted by Gasteiger charge is 2.06. The molecule has 0 fully saturated rings. The van der Waals surface area contributed by atoms with Gasteiger partial charge in [-0.25, -0.2) is 9.37 Å². The largest absolute Gasteiger partial charge is 0.231 e. The molecule has 0 aliphatic heterocycles. The predicted octanol–water partition coefficient (Wildman–Crippen LogP) is 2.39. The zero-order valence-electron chi connectivity index (χ0n) is 6.24. The van der Waals surface area contributed by atoms with Crippen molar-refractivity contribution in [1.82, 2.24) is 13.7 Å². The van der Waals surface area contributed by atoms with Gasteiger partial charge in [0.2, 0.25) is 0 Å². The molecule has 0 radical (unpaired) electrons. The second-order valence-corrected chi connectivity index (χ2v) is 3.18. The fourth-order valence-corrected chi connectivity index (χ4v) is 1.41. The predicted molar refractivity (Wildman–Crippen MR) is 48.1 cm³/mol. The summed E-state index contributed by atoms with van der Waals surface area (Å²) in [6.07, 6.45) is 1.56. The third-order valence-electron chi connectivity index (χ3n) is 1.43.